The van der Waals surface area contributed by atoms with Crippen LogP contribution in [0.4, 0.5) is 0 Å². The lowest BCUT2D eigenvalue weighted by atomic mass is 10.1. The standard InChI is InChI=1S/C8H16O/c1-2-3-4-7-5-8(7)6-9/h7-9H,2-6H2,1H3. The van der Waals surface area contributed by atoms with Crippen LogP contribution < -0.4 is 0 Å². The molecule has 1 saturated carbocycles. The molecule has 9 heavy (non-hydrogen) atoms. The van der Waals surface area contributed by atoms with E-state index in [4.69, 9.17) is 5.11 Å². The van der Waals surface area contributed by atoms with E-state index in [1.54, 1.807) is 0 Å². The predicted molar refractivity (Wildman–Crippen MR) is 38.2 cm³/mol. The van der Waals surface area contributed by atoms with Crippen LogP contribution in [0.3, 0.4) is 0 Å². The summed E-state index contributed by atoms with van der Waals surface area (Å²) in [6, 6.07) is 0. The molecular weight excluding hydrogens is 112 g/mol. The molecule has 0 radical (unpaired) electrons. The molecule has 1 fully saturated rings. The van der Waals surface area contributed by atoms with Crippen molar-refractivity contribution < 1.29 is 5.11 Å². The van der Waals surface area contributed by atoms with E-state index in [1.165, 1.54) is 25.7 Å². The number of aliphatic hydroxyl groups excluding tert-OH is 1. The van der Waals surface area contributed by atoms with E-state index in [9.17, 15) is 0 Å². The summed E-state index contributed by atoms with van der Waals surface area (Å²) in [7, 11) is 0. The van der Waals surface area contributed by atoms with Gasteiger partial charge in [-0.2, -0.15) is 0 Å². The predicted octanol–water partition coefficient (Wildman–Crippen LogP) is 1.81. The van der Waals surface area contributed by atoms with Gasteiger partial charge < -0.3 is 5.11 Å². The van der Waals surface area contributed by atoms with E-state index in [0.717, 1.165) is 5.92 Å². The number of hydrogen-bond acceptors (Lipinski definition) is 1. The quantitative estimate of drug-likeness (QED) is 0.612. The van der Waals surface area contributed by atoms with Crippen LogP contribution in [0.2, 0.25) is 0 Å². The highest BCUT2D eigenvalue weighted by Gasteiger charge is 2.34. The van der Waals surface area contributed by atoms with Crippen molar-refractivity contribution in [2.75, 3.05) is 6.61 Å². The number of hydrogen-bond donors (Lipinski definition) is 1. The van der Waals surface area contributed by atoms with E-state index in [-0.39, 0.29) is 0 Å². The zero-order valence-corrected chi connectivity index (χ0v) is 6.14. The van der Waals surface area contributed by atoms with Crippen molar-refractivity contribution in [2.45, 2.75) is 32.6 Å². The zero-order valence-electron chi connectivity index (χ0n) is 6.14. The molecule has 1 aliphatic rings. The minimum Gasteiger partial charge on any atom is -0.396 e. The van der Waals surface area contributed by atoms with E-state index in [2.05, 4.69) is 6.92 Å². The Hall–Kier alpha value is -0.0400. The Morgan fingerprint density at radius 3 is 2.67 bits per heavy atom. The molecule has 0 heterocycles. The van der Waals surface area contributed by atoms with Gasteiger partial charge in [0, 0.05) is 6.61 Å². The maximum Gasteiger partial charge on any atom is 0.0462 e. The summed E-state index contributed by atoms with van der Waals surface area (Å²) in [6.07, 6.45) is 5.29. The second-order valence-electron chi connectivity index (χ2n) is 3.08. The average Bonchev–Trinajstić information content (AvgIpc) is 2.62. The van der Waals surface area contributed by atoms with Crippen molar-refractivity contribution in [3.8, 4) is 0 Å². The molecule has 1 aliphatic carbocycles. The highest BCUT2D eigenvalue weighted by Crippen LogP contribution is 2.41. The van der Waals surface area contributed by atoms with Crippen LogP contribution in [0.25, 0.3) is 0 Å². The van der Waals surface area contributed by atoms with E-state index in [1.807, 2.05) is 0 Å². The Bertz CT molecular complexity index is 80.6. The molecule has 1 rings (SSSR count). The third-order valence-corrected chi connectivity index (χ3v) is 2.23. The van der Waals surface area contributed by atoms with Crippen LogP contribution in [0.1, 0.15) is 32.6 Å². The fourth-order valence-electron chi connectivity index (χ4n) is 1.35. The Morgan fingerprint density at radius 2 is 2.22 bits per heavy atom. The van der Waals surface area contributed by atoms with Gasteiger partial charge in [0.1, 0.15) is 0 Å². The fourth-order valence-corrected chi connectivity index (χ4v) is 1.35. The Morgan fingerprint density at radius 1 is 1.44 bits per heavy atom. The topological polar surface area (TPSA) is 20.2 Å². The van der Waals surface area contributed by atoms with Gasteiger partial charge in [0.25, 0.3) is 0 Å². The highest BCUT2D eigenvalue weighted by atomic mass is 16.3. The smallest absolute Gasteiger partial charge is 0.0462 e. The summed E-state index contributed by atoms with van der Waals surface area (Å²) >= 11 is 0. The molecule has 1 heteroatoms. The average molecular weight is 128 g/mol. The summed E-state index contributed by atoms with van der Waals surface area (Å²) in [4.78, 5) is 0. The molecule has 2 atom stereocenters. The first kappa shape index (κ1) is 7.07. The minimum absolute atomic E-state index is 0.425. The van der Waals surface area contributed by atoms with Gasteiger partial charge in [-0.1, -0.05) is 26.2 Å². The van der Waals surface area contributed by atoms with Crippen LogP contribution >= 0.6 is 0 Å². The van der Waals surface area contributed by atoms with Gasteiger partial charge >= 0.3 is 0 Å². The zero-order chi connectivity index (χ0) is 6.69. The summed E-state index contributed by atoms with van der Waals surface area (Å²) < 4.78 is 0. The van der Waals surface area contributed by atoms with Crippen molar-refractivity contribution in [1.29, 1.82) is 0 Å². The van der Waals surface area contributed by atoms with Crippen molar-refractivity contribution in [1.82, 2.24) is 0 Å². The molecule has 0 aliphatic heterocycles. The second kappa shape index (κ2) is 3.21. The molecule has 0 aromatic rings. The molecule has 0 spiro atoms. The highest BCUT2D eigenvalue weighted by molar-refractivity contribution is 4.84. The van der Waals surface area contributed by atoms with Gasteiger partial charge in [-0.3, -0.25) is 0 Å². The van der Waals surface area contributed by atoms with Crippen LogP contribution in [0.15, 0.2) is 0 Å². The minimum atomic E-state index is 0.425. The lowest BCUT2D eigenvalue weighted by Crippen LogP contribution is -1.88. The normalized spacial score (nSPS) is 32.7. The Kier molecular flexibility index (Phi) is 2.52. The van der Waals surface area contributed by atoms with Crippen LogP contribution in [-0.4, -0.2) is 11.7 Å². The molecule has 0 aromatic carbocycles. The lowest BCUT2D eigenvalue weighted by Gasteiger charge is -1.93. The maximum atomic E-state index is 8.68. The van der Waals surface area contributed by atoms with E-state index >= 15 is 0 Å². The maximum absolute atomic E-state index is 8.68. The first-order valence-corrected chi connectivity index (χ1v) is 3.99. The molecule has 54 valence electrons. The van der Waals surface area contributed by atoms with E-state index < -0.39 is 0 Å². The van der Waals surface area contributed by atoms with Crippen molar-refractivity contribution in [3.63, 3.8) is 0 Å². The second-order valence-corrected chi connectivity index (χ2v) is 3.08. The van der Waals surface area contributed by atoms with Gasteiger partial charge in [-0.25, -0.2) is 0 Å². The van der Waals surface area contributed by atoms with E-state index in [0.29, 0.717) is 12.5 Å². The van der Waals surface area contributed by atoms with Crippen molar-refractivity contribution >= 4 is 0 Å². The van der Waals surface area contributed by atoms with Crippen LogP contribution in [0, 0.1) is 11.8 Å². The third-order valence-electron chi connectivity index (χ3n) is 2.23. The SMILES string of the molecule is CCCCC1CC1CO. The lowest BCUT2D eigenvalue weighted by molar-refractivity contribution is 0.267. The molecule has 0 aromatic heterocycles. The summed E-state index contributed by atoms with van der Waals surface area (Å²) in [5.41, 5.74) is 0. The van der Waals surface area contributed by atoms with Crippen LogP contribution in [0.5, 0.6) is 0 Å². The van der Waals surface area contributed by atoms with Gasteiger partial charge in [0.15, 0.2) is 0 Å². The molecule has 1 nitrogen and oxygen atoms in total. The summed E-state index contributed by atoms with van der Waals surface area (Å²) in [5.74, 6) is 1.56. The fraction of sp³-hybridized carbons (Fsp3) is 1.00. The van der Waals surface area contributed by atoms with Gasteiger partial charge in [-0.05, 0) is 18.3 Å². The number of aliphatic hydroxyl groups is 1. The monoisotopic (exact) mass is 128 g/mol. The van der Waals surface area contributed by atoms with Gasteiger partial charge in [0.2, 0.25) is 0 Å². The van der Waals surface area contributed by atoms with Crippen LogP contribution in [-0.2, 0) is 0 Å². The molecule has 1 N–H and O–H groups in total. The molecule has 0 bridgehead atoms. The van der Waals surface area contributed by atoms with Gasteiger partial charge in [0.05, 0.1) is 0 Å². The van der Waals surface area contributed by atoms with Crippen molar-refractivity contribution in [2.24, 2.45) is 11.8 Å². The molecule has 0 saturated heterocycles. The first-order valence-electron chi connectivity index (χ1n) is 3.99. The first-order chi connectivity index (χ1) is 4.38. The molecule has 0 amide bonds. The van der Waals surface area contributed by atoms with Gasteiger partial charge in [-0.15, -0.1) is 0 Å². The third kappa shape index (κ3) is 1.98. The summed E-state index contributed by atoms with van der Waals surface area (Å²) in [5, 5.41) is 8.68. The Balaban J connectivity index is 1.92. The number of unbranched alkanes of at least 4 members (excludes halogenated alkanes) is 1. The number of rotatable bonds is 4. The molecule has 2 unspecified atom stereocenters. The Labute approximate surface area is 57.1 Å². The molecular formula is C8H16O. The van der Waals surface area contributed by atoms with Crippen molar-refractivity contribution in [3.05, 3.63) is 0 Å². The summed E-state index contributed by atoms with van der Waals surface area (Å²) in [6.45, 7) is 2.64. The largest absolute Gasteiger partial charge is 0.396 e.